The Morgan fingerprint density at radius 1 is 1.33 bits per heavy atom. The lowest BCUT2D eigenvalue weighted by molar-refractivity contribution is 0.309. The predicted octanol–water partition coefficient (Wildman–Crippen LogP) is 4.65. The highest BCUT2D eigenvalue weighted by atomic mass is 79.9. The maximum Gasteiger partial charge on any atom is 0.175 e. The zero-order chi connectivity index (χ0) is 15.8. The van der Waals surface area contributed by atoms with Crippen LogP contribution in [0.15, 0.2) is 22.2 Å². The molecule has 0 spiro atoms. The smallest absolute Gasteiger partial charge is 0.175 e. The Morgan fingerprint density at radius 3 is 2.57 bits per heavy atom. The average molecular weight is 356 g/mol. The van der Waals surface area contributed by atoms with Crippen LogP contribution in [-0.4, -0.2) is 26.3 Å². The van der Waals surface area contributed by atoms with E-state index in [9.17, 15) is 0 Å². The molecule has 1 aromatic carbocycles. The monoisotopic (exact) mass is 355 g/mol. The second-order valence-corrected chi connectivity index (χ2v) is 6.01. The number of hydrogen-bond donors (Lipinski definition) is 1. The van der Waals surface area contributed by atoms with Crippen LogP contribution in [0.2, 0.25) is 0 Å². The number of methoxy groups -OCH3 is 1. The first-order valence-corrected chi connectivity index (χ1v) is 8.24. The highest BCUT2D eigenvalue weighted by Gasteiger charge is 2.10. The Labute approximate surface area is 136 Å². The topological polar surface area (TPSA) is 30.5 Å². The molecule has 1 N–H and O–H groups in total. The SMILES string of the molecule is CCOc1c(Br)cc(C=C(CC)CNC(C)C)cc1OC. The van der Waals surface area contributed by atoms with E-state index in [0.29, 0.717) is 12.6 Å². The van der Waals surface area contributed by atoms with E-state index >= 15 is 0 Å². The fraction of sp³-hybridized carbons (Fsp3) is 0.529. The summed E-state index contributed by atoms with van der Waals surface area (Å²) in [6, 6.07) is 4.57. The largest absolute Gasteiger partial charge is 0.493 e. The van der Waals surface area contributed by atoms with Crippen LogP contribution in [0.25, 0.3) is 6.08 Å². The molecular formula is C17H26BrNO2. The molecule has 1 aromatic rings. The number of ether oxygens (including phenoxy) is 2. The van der Waals surface area contributed by atoms with Gasteiger partial charge < -0.3 is 14.8 Å². The first-order valence-electron chi connectivity index (χ1n) is 7.44. The zero-order valence-electron chi connectivity index (χ0n) is 13.6. The molecule has 0 aliphatic heterocycles. The van der Waals surface area contributed by atoms with Gasteiger partial charge in [-0.25, -0.2) is 0 Å². The van der Waals surface area contributed by atoms with Crippen molar-refractivity contribution >= 4 is 22.0 Å². The van der Waals surface area contributed by atoms with E-state index in [2.05, 4.69) is 54.2 Å². The lowest BCUT2D eigenvalue weighted by atomic mass is 10.1. The van der Waals surface area contributed by atoms with Gasteiger partial charge in [0.15, 0.2) is 11.5 Å². The minimum Gasteiger partial charge on any atom is -0.493 e. The van der Waals surface area contributed by atoms with Gasteiger partial charge in [0.2, 0.25) is 0 Å². The summed E-state index contributed by atoms with van der Waals surface area (Å²) < 4.78 is 12.0. The lowest BCUT2D eigenvalue weighted by Crippen LogP contribution is -2.24. The van der Waals surface area contributed by atoms with E-state index in [1.807, 2.05) is 13.0 Å². The molecule has 0 amide bonds. The third kappa shape index (κ3) is 5.71. The second kappa shape index (κ2) is 9.11. The molecule has 118 valence electrons. The molecule has 0 saturated heterocycles. The van der Waals surface area contributed by atoms with Gasteiger partial charge in [-0.3, -0.25) is 0 Å². The minimum atomic E-state index is 0.488. The molecule has 3 nitrogen and oxygen atoms in total. The van der Waals surface area contributed by atoms with Gasteiger partial charge in [-0.2, -0.15) is 0 Å². The van der Waals surface area contributed by atoms with Crippen LogP contribution in [0.1, 0.15) is 39.7 Å². The van der Waals surface area contributed by atoms with Gasteiger partial charge in [-0.15, -0.1) is 0 Å². The second-order valence-electron chi connectivity index (χ2n) is 5.16. The molecule has 0 radical (unpaired) electrons. The summed E-state index contributed by atoms with van der Waals surface area (Å²) in [7, 11) is 1.67. The van der Waals surface area contributed by atoms with E-state index < -0.39 is 0 Å². The molecule has 0 unspecified atom stereocenters. The third-order valence-corrected chi connectivity index (χ3v) is 3.69. The summed E-state index contributed by atoms with van der Waals surface area (Å²) in [6.07, 6.45) is 3.23. The molecule has 0 bridgehead atoms. The Morgan fingerprint density at radius 2 is 2.05 bits per heavy atom. The van der Waals surface area contributed by atoms with Gasteiger partial charge >= 0.3 is 0 Å². The van der Waals surface area contributed by atoms with Crippen molar-refractivity contribution in [2.45, 2.75) is 40.2 Å². The summed E-state index contributed by atoms with van der Waals surface area (Å²) >= 11 is 3.56. The van der Waals surface area contributed by atoms with E-state index in [1.165, 1.54) is 5.57 Å². The molecule has 1 rings (SSSR count). The van der Waals surface area contributed by atoms with Crippen LogP contribution < -0.4 is 14.8 Å². The summed E-state index contributed by atoms with van der Waals surface area (Å²) in [5.74, 6) is 1.51. The van der Waals surface area contributed by atoms with Crippen LogP contribution in [0, 0.1) is 0 Å². The highest BCUT2D eigenvalue weighted by molar-refractivity contribution is 9.10. The van der Waals surface area contributed by atoms with E-state index in [0.717, 1.165) is 34.5 Å². The Hall–Kier alpha value is -1.00. The van der Waals surface area contributed by atoms with E-state index in [4.69, 9.17) is 9.47 Å². The molecular weight excluding hydrogens is 330 g/mol. The number of hydrogen-bond acceptors (Lipinski definition) is 3. The van der Waals surface area contributed by atoms with Gasteiger partial charge in [0.25, 0.3) is 0 Å². The number of benzene rings is 1. The molecule has 0 aliphatic carbocycles. The van der Waals surface area contributed by atoms with Crippen molar-refractivity contribution in [3.8, 4) is 11.5 Å². The van der Waals surface area contributed by atoms with Gasteiger partial charge in [-0.1, -0.05) is 32.4 Å². The van der Waals surface area contributed by atoms with Crippen LogP contribution in [0.4, 0.5) is 0 Å². The molecule has 0 fully saturated rings. The third-order valence-electron chi connectivity index (χ3n) is 3.10. The van der Waals surface area contributed by atoms with Gasteiger partial charge in [0.1, 0.15) is 0 Å². The molecule has 0 aliphatic rings. The maximum absolute atomic E-state index is 5.62. The Kier molecular flexibility index (Phi) is 7.83. The molecule has 0 saturated carbocycles. The van der Waals surface area contributed by atoms with Crippen molar-refractivity contribution in [3.63, 3.8) is 0 Å². The normalized spacial score (nSPS) is 11.9. The Bertz CT molecular complexity index is 484. The van der Waals surface area contributed by atoms with Crippen LogP contribution in [0.5, 0.6) is 11.5 Å². The standard InChI is InChI=1S/C17H26BrNO2/c1-6-13(11-19-12(3)4)8-14-9-15(18)17(21-7-2)16(10-14)20-5/h8-10,12,19H,6-7,11H2,1-5H3. The van der Waals surface area contributed by atoms with Crippen molar-refractivity contribution in [3.05, 3.63) is 27.7 Å². The molecule has 0 atom stereocenters. The van der Waals surface area contributed by atoms with Crippen LogP contribution >= 0.6 is 15.9 Å². The average Bonchev–Trinajstić information content (AvgIpc) is 2.45. The lowest BCUT2D eigenvalue weighted by Gasteiger charge is -2.14. The molecule has 4 heteroatoms. The minimum absolute atomic E-state index is 0.488. The fourth-order valence-corrected chi connectivity index (χ4v) is 2.53. The highest BCUT2D eigenvalue weighted by Crippen LogP contribution is 2.37. The molecule has 0 heterocycles. The first kappa shape index (κ1) is 18.1. The van der Waals surface area contributed by atoms with Crippen molar-refractivity contribution < 1.29 is 9.47 Å². The summed E-state index contributed by atoms with van der Waals surface area (Å²) in [5.41, 5.74) is 2.48. The number of halogens is 1. The van der Waals surface area contributed by atoms with Crippen molar-refractivity contribution in [1.29, 1.82) is 0 Å². The Balaban J connectivity index is 3.04. The van der Waals surface area contributed by atoms with Crippen LogP contribution in [-0.2, 0) is 0 Å². The summed E-state index contributed by atoms with van der Waals surface area (Å²) in [5, 5.41) is 3.46. The molecule has 0 aromatic heterocycles. The summed E-state index contributed by atoms with van der Waals surface area (Å²) in [4.78, 5) is 0. The number of rotatable bonds is 8. The maximum atomic E-state index is 5.62. The fourth-order valence-electron chi connectivity index (χ4n) is 1.96. The van der Waals surface area contributed by atoms with E-state index in [-0.39, 0.29) is 0 Å². The van der Waals surface area contributed by atoms with Gasteiger partial charge in [0, 0.05) is 12.6 Å². The van der Waals surface area contributed by atoms with Crippen molar-refractivity contribution in [2.75, 3.05) is 20.3 Å². The predicted molar refractivity (Wildman–Crippen MR) is 93.3 cm³/mol. The summed E-state index contributed by atoms with van der Waals surface area (Å²) in [6.45, 7) is 9.97. The van der Waals surface area contributed by atoms with Crippen molar-refractivity contribution in [2.24, 2.45) is 0 Å². The number of nitrogens with one attached hydrogen (secondary N) is 1. The quantitative estimate of drug-likeness (QED) is 0.736. The van der Waals surface area contributed by atoms with Gasteiger partial charge in [-0.05, 0) is 47.0 Å². The molecule has 21 heavy (non-hydrogen) atoms. The van der Waals surface area contributed by atoms with Crippen LogP contribution in [0.3, 0.4) is 0 Å². The van der Waals surface area contributed by atoms with Crippen molar-refractivity contribution in [1.82, 2.24) is 5.32 Å². The first-order chi connectivity index (χ1) is 10.0. The van der Waals surface area contributed by atoms with Gasteiger partial charge in [0.05, 0.1) is 18.2 Å². The van der Waals surface area contributed by atoms with E-state index in [1.54, 1.807) is 7.11 Å². The zero-order valence-corrected chi connectivity index (χ0v) is 15.2.